The molecule has 158 valence electrons. The summed E-state index contributed by atoms with van der Waals surface area (Å²) in [6, 6.07) is 11.8. The molecule has 1 aromatic heterocycles. The zero-order valence-corrected chi connectivity index (χ0v) is 18.3. The highest BCUT2D eigenvalue weighted by Crippen LogP contribution is 2.32. The molecule has 0 saturated carbocycles. The Morgan fingerprint density at radius 3 is 2.61 bits per heavy atom. The SMILES string of the molecule is N#Cc1ccc(-n2c(Br)cnc2SCC(=O)NC(CC(N)=O)C(=O)O)c2ccccc12. The molecule has 2 amide bonds. The number of primary amides is 1. The van der Waals surface area contributed by atoms with Gasteiger partial charge in [0.15, 0.2) is 5.16 Å². The summed E-state index contributed by atoms with van der Waals surface area (Å²) in [7, 11) is 0. The number of nitrogens with one attached hydrogen (secondary N) is 1. The standard InChI is InChI=1S/C20H16BrN5O4S/c21-16-9-24-20(31-10-18(28)25-14(19(29)30)7-17(23)27)26(16)15-6-5-11(8-22)12-3-1-2-4-13(12)15/h1-6,9,14H,7,10H2,(H2,23,27)(H,25,28)(H,29,30). The van der Waals surface area contributed by atoms with Crippen molar-refractivity contribution in [2.45, 2.75) is 17.6 Å². The first-order valence-corrected chi connectivity index (χ1v) is 10.7. The van der Waals surface area contributed by atoms with E-state index in [9.17, 15) is 19.6 Å². The number of aliphatic carboxylic acids is 1. The topological polar surface area (TPSA) is 151 Å². The number of nitrogens with zero attached hydrogens (tertiary/aromatic N) is 3. The highest BCUT2D eigenvalue weighted by Gasteiger charge is 2.23. The zero-order chi connectivity index (χ0) is 22.5. The first-order chi connectivity index (χ1) is 14.8. The van der Waals surface area contributed by atoms with E-state index >= 15 is 0 Å². The van der Waals surface area contributed by atoms with Crippen LogP contribution in [0.25, 0.3) is 16.5 Å². The van der Waals surface area contributed by atoms with Gasteiger partial charge in [-0.3, -0.25) is 14.2 Å². The van der Waals surface area contributed by atoms with Crippen LogP contribution >= 0.6 is 27.7 Å². The Bertz CT molecular complexity index is 1220. The average molecular weight is 502 g/mol. The number of carbonyl (C=O) groups excluding carboxylic acids is 2. The molecule has 0 fully saturated rings. The van der Waals surface area contributed by atoms with E-state index in [-0.39, 0.29) is 5.75 Å². The van der Waals surface area contributed by atoms with Crippen LogP contribution in [0.15, 0.2) is 52.4 Å². The van der Waals surface area contributed by atoms with Crippen molar-refractivity contribution in [2.24, 2.45) is 5.73 Å². The van der Waals surface area contributed by atoms with Gasteiger partial charge >= 0.3 is 5.97 Å². The number of fused-ring (bicyclic) bond motifs is 1. The van der Waals surface area contributed by atoms with E-state index in [1.165, 1.54) is 0 Å². The van der Waals surface area contributed by atoms with Crippen molar-refractivity contribution in [2.75, 3.05) is 5.75 Å². The van der Waals surface area contributed by atoms with Crippen LogP contribution in [-0.2, 0) is 14.4 Å². The van der Waals surface area contributed by atoms with Gasteiger partial charge in [0, 0.05) is 10.8 Å². The van der Waals surface area contributed by atoms with Crippen LogP contribution in [-0.4, -0.2) is 44.2 Å². The molecule has 9 nitrogen and oxygen atoms in total. The molecule has 0 aliphatic heterocycles. The maximum Gasteiger partial charge on any atom is 0.326 e. The van der Waals surface area contributed by atoms with Crippen LogP contribution in [0.2, 0.25) is 0 Å². The van der Waals surface area contributed by atoms with Crippen LogP contribution in [0.4, 0.5) is 0 Å². The molecule has 2 aromatic carbocycles. The fourth-order valence-electron chi connectivity index (χ4n) is 2.98. The van der Waals surface area contributed by atoms with E-state index in [0.29, 0.717) is 15.3 Å². The summed E-state index contributed by atoms with van der Waals surface area (Å²) in [6.45, 7) is 0. The molecule has 0 aliphatic rings. The maximum atomic E-state index is 12.2. The smallest absolute Gasteiger partial charge is 0.326 e. The van der Waals surface area contributed by atoms with Crippen molar-refractivity contribution >= 4 is 56.2 Å². The fraction of sp³-hybridized carbons (Fsp3) is 0.150. The number of amides is 2. The zero-order valence-electron chi connectivity index (χ0n) is 15.9. The van der Waals surface area contributed by atoms with Gasteiger partial charge in [-0.15, -0.1) is 0 Å². The molecule has 0 bridgehead atoms. The third kappa shape index (κ3) is 5.04. The number of carboxylic acid groups (broad SMARTS) is 1. The second-order valence-corrected chi connectivity index (χ2v) is 8.16. The molecule has 1 unspecified atom stereocenters. The third-order valence-electron chi connectivity index (χ3n) is 4.32. The van der Waals surface area contributed by atoms with Gasteiger partial charge in [-0.2, -0.15) is 5.26 Å². The molecule has 0 saturated heterocycles. The van der Waals surface area contributed by atoms with E-state index in [1.54, 1.807) is 22.9 Å². The number of nitriles is 1. The summed E-state index contributed by atoms with van der Waals surface area (Å²) in [5.74, 6) is -2.87. The quantitative estimate of drug-likeness (QED) is 0.400. The highest BCUT2D eigenvalue weighted by molar-refractivity contribution is 9.10. The van der Waals surface area contributed by atoms with Crippen LogP contribution in [0.5, 0.6) is 0 Å². The van der Waals surface area contributed by atoms with Crippen molar-refractivity contribution in [3.8, 4) is 11.8 Å². The minimum atomic E-state index is -1.39. The lowest BCUT2D eigenvalue weighted by Gasteiger charge is -2.14. The maximum absolute atomic E-state index is 12.2. The van der Waals surface area contributed by atoms with Gasteiger partial charge < -0.3 is 16.2 Å². The largest absolute Gasteiger partial charge is 0.480 e. The Balaban J connectivity index is 1.86. The lowest BCUT2D eigenvalue weighted by molar-refractivity contribution is -0.143. The predicted molar refractivity (Wildman–Crippen MR) is 118 cm³/mol. The van der Waals surface area contributed by atoms with E-state index in [2.05, 4.69) is 32.3 Å². The second kappa shape index (κ2) is 9.63. The number of halogens is 1. The molecule has 0 spiro atoms. The Morgan fingerprint density at radius 2 is 1.97 bits per heavy atom. The Morgan fingerprint density at radius 1 is 1.26 bits per heavy atom. The summed E-state index contributed by atoms with van der Waals surface area (Å²) < 4.78 is 2.43. The second-order valence-electron chi connectivity index (χ2n) is 6.41. The average Bonchev–Trinajstić information content (AvgIpc) is 3.10. The number of imidazole rings is 1. The molecule has 4 N–H and O–H groups in total. The van der Waals surface area contributed by atoms with Gasteiger partial charge in [0.1, 0.15) is 10.6 Å². The van der Waals surface area contributed by atoms with Crippen LogP contribution in [0, 0.1) is 11.3 Å². The lowest BCUT2D eigenvalue weighted by Crippen LogP contribution is -2.44. The summed E-state index contributed by atoms with van der Waals surface area (Å²) in [6.07, 6.45) is 1.09. The van der Waals surface area contributed by atoms with Crippen molar-refractivity contribution in [3.05, 3.63) is 52.8 Å². The summed E-state index contributed by atoms with van der Waals surface area (Å²) in [5.41, 5.74) is 6.33. The predicted octanol–water partition coefficient (Wildman–Crippen LogP) is 2.20. The molecule has 3 rings (SSSR count). The van der Waals surface area contributed by atoms with E-state index in [0.717, 1.165) is 28.2 Å². The fourth-order valence-corrected chi connectivity index (χ4v) is 4.35. The van der Waals surface area contributed by atoms with E-state index < -0.39 is 30.2 Å². The third-order valence-corrected chi connectivity index (χ3v) is 5.83. The number of carbonyl (C=O) groups is 3. The number of nitrogens with two attached hydrogens (primary N) is 1. The van der Waals surface area contributed by atoms with Crippen LogP contribution in [0.3, 0.4) is 0 Å². The van der Waals surface area contributed by atoms with Gasteiger partial charge in [0.25, 0.3) is 0 Å². The highest BCUT2D eigenvalue weighted by atomic mass is 79.9. The molecule has 1 heterocycles. The summed E-state index contributed by atoms with van der Waals surface area (Å²) >= 11 is 4.56. The number of rotatable bonds is 8. The molecule has 31 heavy (non-hydrogen) atoms. The first-order valence-electron chi connectivity index (χ1n) is 8.90. The molecule has 1 atom stereocenters. The number of hydrogen-bond donors (Lipinski definition) is 3. The minimum Gasteiger partial charge on any atom is -0.480 e. The van der Waals surface area contributed by atoms with E-state index in [4.69, 9.17) is 10.8 Å². The summed E-state index contributed by atoms with van der Waals surface area (Å²) in [4.78, 5) is 38.7. The molecule has 3 aromatic rings. The molecule has 0 radical (unpaired) electrons. The molecule has 11 heteroatoms. The van der Waals surface area contributed by atoms with Crippen molar-refractivity contribution in [1.29, 1.82) is 5.26 Å². The lowest BCUT2D eigenvalue weighted by atomic mass is 10.0. The molecular formula is C20H16BrN5O4S. The number of hydrogen-bond acceptors (Lipinski definition) is 6. The van der Waals surface area contributed by atoms with Gasteiger partial charge in [0.2, 0.25) is 11.8 Å². The van der Waals surface area contributed by atoms with Gasteiger partial charge in [-0.1, -0.05) is 36.0 Å². The molecular weight excluding hydrogens is 486 g/mol. The van der Waals surface area contributed by atoms with Crippen molar-refractivity contribution < 1.29 is 19.5 Å². The van der Waals surface area contributed by atoms with Gasteiger partial charge in [-0.25, -0.2) is 9.78 Å². The van der Waals surface area contributed by atoms with Crippen LogP contribution in [0.1, 0.15) is 12.0 Å². The van der Waals surface area contributed by atoms with Crippen LogP contribution < -0.4 is 11.1 Å². The van der Waals surface area contributed by atoms with E-state index in [1.807, 2.05) is 24.3 Å². The summed E-state index contributed by atoms with van der Waals surface area (Å²) in [5, 5.41) is 22.9. The molecule has 0 aliphatic carbocycles. The van der Waals surface area contributed by atoms with Crippen molar-refractivity contribution in [1.82, 2.24) is 14.9 Å². The normalized spacial score (nSPS) is 11.6. The number of benzene rings is 2. The Hall–Kier alpha value is -3.36. The Labute approximate surface area is 189 Å². The number of carboxylic acids is 1. The van der Waals surface area contributed by atoms with Gasteiger partial charge in [0.05, 0.1) is 35.7 Å². The number of thioether (sulfide) groups is 1. The minimum absolute atomic E-state index is 0.125. The first kappa shape index (κ1) is 22.3. The Kier molecular flexibility index (Phi) is 6.94. The number of aromatic nitrogens is 2. The van der Waals surface area contributed by atoms with Crippen molar-refractivity contribution in [3.63, 3.8) is 0 Å². The van der Waals surface area contributed by atoms with Gasteiger partial charge in [-0.05, 0) is 28.1 Å². The monoisotopic (exact) mass is 501 g/mol.